The molecular weight excluding hydrogens is 316 g/mol. The van der Waals surface area contributed by atoms with Crippen LogP contribution in [0.3, 0.4) is 0 Å². The average Bonchev–Trinajstić information content (AvgIpc) is 3.05. The summed E-state index contributed by atoms with van der Waals surface area (Å²) in [6, 6.07) is -0.302. The first-order valence-corrected chi connectivity index (χ1v) is 9.16. The highest BCUT2D eigenvalue weighted by Crippen LogP contribution is 2.29. The second-order valence-electron chi connectivity index (χ2n) is 4.10. The fourth-order valence-corrected chi connectivity index (χ4v) is 4.58. The fourth-order valence-electron chi connectivity index (χ4n) is 1.53. The van der Waals surface area contributed by atoms with Gasteiger partial charge in [0.2, 0.25) is 5.91 Å². The molecule has 1 fully saturated rings. The van der Waals surface area contributed by atoms with Crippen LogP contribution < -0.4 is 5.32 Å². The Morgan fingerprint density at radius 3 is 2.80 bits per heavy atom. The molecule has 110 valence electrons. The number of unbranched alkanes of at least 4 members (excludes halogenated alkanes) is 1. The topological polar surface area (TPSA) is 75.2 Å². The van der Waals surface area contributed by atoms with Crippen LogP contribution in [0.2, 0.25) is 0 Å². The molecule has 2 heterocycles. The lowest BCUT2D eigenvalue weighted by Gasteiger charge is -2.10. The predicted molar refractivity (Wildman–Crippen MR) is 81.4 cm³/mol. The quantitative estimate of drug-likeness (QED) is 0.608. The first kappa shape index (κ1) is 15.6. The molecule has 6 nitrogen and oxygen atoms in total. The molecule has 0 saturated carbocycles. The molecule has 0 unspecified atom stereocenters. The highest BCUT2D eigenvalue weighted by molar-refractivity contribution is 8.03. The van der Waals surface area contributed by atoms with Crippen LogP contribution >= 0.6 is 34.9 Å². The van der Waals surface area contributed by atoms with Gasteiger partial charge in [-0.3, -0.25) is 9.69 Å². The first-order chi connectivity index (χ1) is 9.70. The molecule has 0 spiro atoms. The minimum Gasteiger partial charge on any atom is -0.336 e. The maximum atomic E-state index is 11.8. The van der Waals surface area contributed by atoms with Crippen LogP contribution in [0.1, 0.15) is 19.8 Å². The lowest BCUT2D eigenvalue weighted by atomic mass is 10.4. The smallest absolute Gasteiger partial charge is 0.324 e. The molecule has 0 aromatic carbocycles. The molecule has 1 aliphatic rings. The SMILES string of the molecule is CCCCSc1nnc(SCC(=O)N2CCNC2=O)s1. The van der Waals surface area contributed by atoms with E-state index in [1.807, 2.05) is 0 Å². The van der Waals surface area contributed by atoms with E-state index in [4.69, 9.17) is 0 Å². The summed E-state index contributed by atoms with van der Waals surface area (Å²) in [6.45, 7) is 3.14. The number of urea groups is 1. The van der Waals surface area contributed by atoms with Gasteiger partial charge in [-0.2, -0.15) is 0 Å². The van der Waals surface area contributed by atoms with Gasteiger partial charge in [0.05, 0.1) is 5.75 Å². The molecule has 0 bridgehead atoms. The van der Waals surface area contributed by atoms with E-state index in [2.05, 4.69) is 22.4 Å². The Kier molecular flexibility index (Phi) is 6.11. The number of carbonyl (C=O) groups is 2. The van der Waals surface area contributed by atoms with E-state index >= 15 is 0 Å². The summed E-state index contributed by atoms with van der Waals surface area (Å²) in [5, 5.41) is 10.7. The summed E-state index contributed by atoms with van der Waals surface area (Å²) < 4.78 is 1.71. The van der Waals surface area contributed by atoms with Crippen molar-refractivity contribution in [1.29, 1.82) is 0 Å². The monoisotopic (exact) mass is 332 g/mol. The van der Waals surface area contributed by atoms with E-state index in [-0.39, 0.29) is 17.7 Å². The van der Waals surface area contributed by atoms with Crippen molar-refractivity contribution in [1.82, 2.24) is 20.4 Å². The molecule has 2 rings (SSSR count). The molecule has 0 atom stereocenters. The standard InChI is InChI=1S/C11H16N4O2S3/c1-2-3-6-18-10-13-14-11(20-10)19-7-8(16)15-5-4-12-9(15)17/h2-7H2,1H3,(H,12,17). The van der Waals surface area contributed by atoms with Crippen LogP contribution in [-0.4, -0.2) is 51.6 Å². The Morgan fingerprint density at radius 1 is 1.40 bits per heavy atom. The summed E-state index contributed by atoms with van der Waals surface area (Å²) in [5.74, 6) is 1.09. The van der Waals surface area contributed by atoms with Gasteiger partial charge in [-0.15, -0.1) is 10.2 Å². The van der Waals surface area contributed by atoms with E-state index < -0.39 is 0 Å². The molecule has 1 saturated heterocycles. The van der Waals surface area contributed by atoms with Crippen molar-refractivity contribution in [2.24, 2.45) is 0 Å². The maximum absolute atomic E-state index is 11.8. The number of amides is 3. The van der Waals surface area contributed by atoms with Gasteiger partial charge in [0.15, 0.2) is 8.68 Å². The molecule has 1 aliphatic heterocycles. The molecule has 9 heteroatoms. The molecule has 0 aliphatic carbocycles. The van der Waals surface area contributed by atoms with Crippen molar-refractivity contribution in [2.75, 3.05) is 24.6 Å². The van der Waals surface area contributed by atoms with Crippen LogP contribution in [0.4, 0.5) is 4.79 Å². The Bertz CT molecular complexity index is 480. The number of nitrogens with zero attached hydrogens (tertiary/aromatic N) is 3. The second kappa shape index (κ2) is 7.84. The number of hydrogen-bond donors (Lipinski definition) is 1. The van der Waals surface area contributed by atoms with Crippen molar-refractivity contribution in [3.63, 3.8) is 0 Å². The summed E-state index contributed by atoms with van der Waals surface area (Å²) >= 11 is 4.54. The van der Waals surface area contributed by atoms with Gasteiger partial charge >= 0.3 is 6.03 Å². The summed E-state index contributed by atoms with van der Waals surface area (Å²) in [5.41, 5.74) is 0. The Balaban J connectivity index is 1.76. The summed E-state index contributed by atoms with van der Waals surface area (Å²) in [6.07, 6.45) is 2.33. The van der Waals surface area contributed by atoms with E-state index in [1.54, 1.807) is 11.8 Å². The van der Waals surface area contributed by atoms with Crippen molar-refractivity contribution >= 4 is 46.8 Å². The van der Waals surface area contributed by atoms with E-state index in [0.29, 0.717) is 13.1 Å². The number of hydrogen-bond acceptors (Lipinski definition) is 7. The zero-order valence-corrected chi connectivity index (χ0v) is 13.6. The largest absolute Gasteiger partial charge is 0.336 e. The van der Waals surface area contributed by atoms with Crippen LogP contribution in [0, 0.1) is 0 Å². The third-order valence-electron chi connectivity index (χ3n) is 2.59. The van der Waals surface area contributed by atoms with Crippen LogP contribution in [-0.2, 0) is 4.79 Å². The molecule has 1 aromatic rings. The molecule has 3 amide bonds. The lowest BCUT2D eigenvalue weighted by molar-refractivity contribution is -0.124. The number of rotatable bonds is 7. The Hall–Kier alpha value is -0.800. The van der Waals surface area contributed by atoms with Gasteiger partial charge in [-0.05, 0) is 6.42 Å². The van der Waals surface area contributed by atoms with Crippen LogP contribution in [0.5, 0.6) is 0 Å². The number of nitrogens with one attached hydrogen (secondary N) is 1. The highest BCUT2D eigenvalue weighted by Gasteiger charge is 2.26. The summed E-state index contributed by atoms with van der Waals surface area (Å²) in [7, 11) is 0. The molecule has 1 N–H and O–H groups in total. The fraction of sp³-hybridized carbons (Fsp3) is 0.636. The van der Waals surface area contributed by atoms with Crippen molar-refractivity contribution in [2.45, 2.75) is 28.4 Å². The Morgan fingerprint density at radius 2 is 2.15 bits per heavy atom. The number of carbonyl (C=O) groups excluding carboxylic acids is 2. The van der Waals surface area contributed by atoms with Gasteiger partial charge in [-0.25, -0.2) is 4.79 Å². The molecular formula is C11H16N4O2S3. The van der Waals surface area contributed by atoms with E-state index in [0.717, 1.165) is 20.9 Å². The van der Waals surface area contributed by atoms with Gasteiger partial charge in [0.1, 0.15) is 0 Å². The molecule has 20 heavy (non-hydrogen) atoms. The van der Waals surface area contributed by atoms with Crippen LogP contribution in [0.15, 0.2) is 8.68 Å². The third-order valence-corrected chi connectivity index (χ3v) is 5.85. The van der Waals surface area contributed by atoms with Crippen molar-refractivity contribution in [3.8, 4) is 0 Å². The minimum absolute atomic E-state index is 0.180. The highest BCUT2D eigenvalue weighted by atomic mass is 32.2. The minimum atomic E-state index is -0.302. The molecule has 0 radical (unpaired) electrons. The Labute approximate surface area is 130 Å². The predicted octanol–water partition coefficient (Wildman–Crippen LogP) is 2.07. The van der Waals surface area contributed by atoms with Gasteiger partial charge in [0, 0.05) is 18.8 Å². The number of aromatic nitrogens is 2. The zero-order valence-electron chi connectivity index (χ0n) is 11.1. The van der Waals surface area contributed by atoms with Gasteiger partial charge in [-0.1, -0.05) is 48.2 Å². The normalized spacial score (nSPS) is 14.7. The number of imide groups is 1. The maximum Gasteiger partial charge on any atom is 0.324 e. The van der Waals surface area contributed by atoms with Gasteiger partial charge < -0.3 is 5.32 Å². The van der Waals surface area contributed by atoms with Crippen molar-refractivity contribution in [3.05, 3.63) is 0 Å². The summed E-state index contributed by atoms with van der Waals surface area (Å²) in [4.78, 5) is 24.4. The van der Waals surface area contributed by atoms with E-state index in [9.17, 15) is 9.59 Å². The van der Waals surface area contributed by atoms with Crippen LogP contribution in [0.25, 0.3) is 0 Å². The van der Waals surface area contributed by atoms with Crippen molar-refractivity contribution < 1.29 is 9.59 Å². The second-order valence-corrected chi connectivity index (χ2v) is 7.64. The first-order valence-electron chi connectivity index (χ1n) is 6.38. The average molecular weight is 332 g/mol. The molecule has 1 aromatic heterocycles. The zero-order chi connectivity index (χ0) is 14.4. The third kappa shape index (κ3) is 4.35. The number of thioether (sulfide) groups is 2. The van der Waals surface area contributed by atoms with E-state index in [1.165, 1.54) is 34.4 Å². The van der Waals surface area contributed by atoms with Gasteiger partial charge in [0.25, 0.3) is 0 Å². The lowest BCUT2D eigenvalue weighted by Crippen LogP contribution is -2.35.